The minimum absolute atomic E-state index is 0.165. The van der Waals surface area contributed by atoms with Crippen molar-refractivity contribution in [3.05, 3.63) is 23.5 Å². The van der Waals surface area contributed by atoms with Gasteiger partial charge >= 0.3 is 0 Å². The second kappa shape index (κ2) is 4.74. The van der Waals surface area contributed by atoms with Crippen molar-refractivity contribution in [2.24, 2.45) is 11.7 Å². The van der Waals surface area contributed by atoms with Gasteiger partial charge in [0.05, 0.1) is 17.4 Å². The van der Waals surface area contributed by atoms with E-state index in [0.717, 1.165) is 0 Å². The SMILES string of the molecule is Cc1cc(C(N)=O)c(NC(=O)C(C)C)cn1. The molecule has 0 aliphatic carbocycles. The summed E-state index contributed by atoms with van der Waals surface area (Å²) in [6, 6.07) is 1.55. The van der Waals surface area contributed by atoms with Gasteiger partial charge in [0.25, 0.3) is 5.91 Å². The number of nitrogens with zero attached hydrogens (tertiary/aromatic N) is 1. The van der Waals surface area contributed by atoms with Crippen molar-refractivity contribution in [2.45, 2.75) is 20.8 Å². The van der Waals surface area contributed by atoms with Gasteiger partial charge in [0.15, 0.2) is 0 Å². The summed E-state index contributed by atoms with van der Waals surface area (Å²) in [6.07, 6.45) is 1.44. The molecule has 1 heterocycles. The molecule has 1 aromatic rings. The molecule has 5 nitrogen and oxygen atoms in total. The molecule has 0 aliphatic rings. The lowest BCUT2D eigenvalue weighted by atomic mass is 10.1. The number of carbonyl (C=O) groups excluding carboxylic acids is 2. The molecule has 0 saturated carbocycles. The zero-order chi connectivity index (χ0) is 12.3. The number of primary amides is 1. The van der Waals surface area contributed by atoms with E-state index in [1.165, 1.54) is 6.20 Å². The number of hydrogen-bond donors (Lipinski definition) is 2. The summed E-state index contributed by atoms with van der Waals surface area (Å²) < 4.78 is 0. The van der Waals surface area contributed by atoms with Crippen LogP contribution in [0.1, 0.15) is 29.9 Å². The van der Waals surface area contributed by atoms with Gasteiger partial charge in [-0.1, -0.05) is 13.8 Å². The predicted octanol–water partition coefficient (Wildman–Crippen LogP) is 1.08. The van der Waals surface area contributed by atoms with Crippen LogP contribution in [0.2, 0.25) is 0 Å². The first-order valence-electron chi connectivity index (χ1n) is 4.99. The Hall–Kier alpha value is -1.91. The Labute approximate surface area is 94.1 Å². The molecule has 1 rings (SSSR count). The van der Waals surface area contributed by atoms with E-state index in [9.17, 15) is 9.59 Å². The van der Waals surface area contributed by atoms with Crippen molar-refractivity contribution in [3.8, 4) is 0 Å². The highest BCUT2D eigenvalue weighted by molar-refractivity contribution is 6.03. The minimum atomic E-state index is -0.579. The fourth-order valence-electron chi connectivity index (χ4n) is 1.14. The third-order valence-corrected chi connectivity index (χ3v) is 2.09. The Morgan fingerprint density at radius 1 is 1.44 bits per heavy atom. The fourth-order valence-corrected chi connectivity index (χ4v) is 1.14. The van der Waals surface area contributed by atoms with Crippen LogP contribution in [-0.4, -0.2) is 16.8 Å². The van der Waals surface area contributed by atoms with Crippen LogP contribution in [0, 0.1) is 12.8 Å². The number of carbonyl (C=O) groups is 2. The molecule has 0 aromatic carbocycles. The number of hydrogen-bond acceptors (Lipinski definition) is 3. The summed E-state index contributed by atoms with van der Waals surface area (Å²) in [7, 11) is 0. The highest BCUT2D eigenvalue weighted by Gasteiger charge is 2.13. The number of nitrogens with one attached hydrogen (secondary N) is 1. The van der Waals surface area contributed by atoms with Crippen LogP contribution >= 0.6 is 0 Å². The van der Waals surface area contributed by atoms with E-state index in [0.29, 0.717) is 11.4 Å². The van der Waals surface area contributed by atoms with Crippen molar-refractivity contribution in [1.82, 2.24) is 4.98 Å². The third-order valence-electron chi connectivity index (χ3n) is 2.09. The van der Waals surface area contributed by atoms with Crippen LogP contribution in [-0.2, 0) is 4.79 Å². The molecule has 0 fully saturated rings. The second-order valence-electron chi connectivity index (χ2n) is 3.88. The van der Waals surface area contributed by atoms with Gasteiger partial charge < -0.3 is 11.1 Å². The molecule has 0 bridgehead atoms. The standard InChI is InChI=1S/C11H15N3O2/c1-6(2)11(16)14-9-5-13-7(3)4-8(9)10(12)15/h4-6H,1-3H3,(H2,12,15)(H,14,16). The van der Waals surface area contributed by atoms with E-state index < -0.39 is 5.91 Å². The van der Waals surface area contributed by atoms with E-state index in [-0.39, 0.29) is 17.4 Å². The Balaban J connectivity index is 3.04. The van der Waals surface area contributed by atoms with Crippen molar-refractivity contribution in [1.29, 1.82) is 0 Å². The van der Waals surface area contributed by atoms with Gasteiger partial charge in [-0.2, -0.15) is 0 Å². The number of nitrogens with two attached hydrogens (primary N) is 1. The first-order valence-corrected chi connectivity index (χ1v) is 4.99. The van der Waals surface area contributed by atoms with Crippen LogP contribution < -0.4 is 11.1 Å². The maximum absolute atomic E-state index is 11.5. The molecule has 3 N–H and O–H groups in total. The van der Waals surface area contributed by atoms with Gasteiger partial charge in [-0.15, -0.1) is 0 Å². The van der Waals surface area contributed by atoms with Crippen molar-refractivity contribution >= 4 is 17.5 Å². The zero-order valence-corrected chi connectivity index (χ0v) is 9.57. The van der Waals surface area contributed by atoms with Crippen LogP contribution in [0.25, 0.3) is 0 Å². The summed E-state index contributed by atoms with van der Waals surface area (Å²) in [5.74, 6) is -0.917. The Kier molecular flexibility index (Phi) is 3.60. The Bertz CT molecular complexity index is 427. The zero-order valence-electron chi connectivity index (χ0n) is 9.57. The lowest BCUT2D eigenvalue weighted by molar-refractivity contribution is -0.118. The normalized spacial score (nSPS) is 10.2. The smallest absolute Gasteiger partial charge is 0.250 e. The van der Waals surface area contributed by atoms with Gasteiger partial charge in [-0.05, 0) is 13.0 Å². The fraction of sp³-hybridized carbons (Fsp3) is 0.364. The minimum Gasteiger partial charge on any atom is -0.366 e. The first-order chi connectivity index (χ1) is 7.41. The molecular formula is C11H15N3O2. The number of pyridine rings is 1. The Morgan fingerprint density at radius 2 is 2.06 bits per heavy atom. The summed E-state index contributed by atoms with van der Waals surface area (Å²) >= 11 is 0. The van der Waals surface area contributed by atoms with E-state index in [1.807, 2.05) is 0 Å². The molecule has 0 radical (unpaired) electrons. The summed E-state index contributed by atoms with van der Waals surface area (Å²) in [5, 5.41) is 2.62. The average molecular weight is 221 g/mol. The highest BCUT2D eigenvalue weighted by atomic mass is 16.2. The monoisotopic (exact) mass is 221 g/mol. The van der Waals surface area contributed by atoms with Crippen LogP contribution in [0.4, 0.5) is 5.69 Å². The topological polar surface area (TPSA) is 85.1 Å². The van der Waals surface area contributed by atoms with Gasteiger partial charge in [0.1, 0.15) is 0 Å². The number of amides is 2. The molecule has 16 heavy (non-hydrogen) atoms. The first kappa shape index (κ1) is 12.2. The van der Waals surface area contributed by atoms with E-state index in [2.05, 4.69) is 10.3 Å². The Morgan fingerprint density at radius 3 is 2.56 bits per heavy atom. The lowest BCUT2D eigenvalue weighted by Gasteiger charge is -2.10. The number of anilines is 1. The molecule has 1 aromatic heterocycles. The molecule has 5 heteroatoms. The molecular weight excluding hydrogens is 206 g/mol. The number of aryl methyl sites for hydroxylation is 1. The maximum Gasteiger partial charge on any atom is 0.250 e. The van der Waals surface area contributed by atoms with Gasteiger partial charge in [0, 0.05) is 11.6 Å². The van der Waals surface area contributed by atoms with Crippen LogP contribution in [0.3, 0.4) is 0 Å². The van der Waals surface area contributed by atoms with Crippen molar-refractivity contribution in [2.75, 3.05) is 5.32 Å². The second-order valence-corrected chi connectivity index (χ2v) is 3.88. The average Bonchev–Trinajstić information content (AvgIpc) is 2.20. The molecule has 2 amide bonds. The van der Waals surface area contributed by atoms with E-state index in [1.54, 1.807) is 26.8 Å². The van der Waals surface area contributed by atoms with E-state index >= 15 is 0 Å². The van der Waals surface area contributed by atoms with Gasteiger partial charge in [-0.25, -0.2) is 0 Å². The molecule has 0 spiro atoms. The van der Waals surface area contributed by atoms with Crippen molar-refractivity contribution in [3.63, 3.8) is 0 Å². The molecule has 0 saturated heterocycles. The predicted molar refractivity (Wildman–Crippen MR) is 61.0 cm³/mol. The highest BCUT2D eigenvalue weighted by Crippen LogP contribution is 2.15. The third kappa shape index (κ3) is 2.79. The van der Waals surface area contributed by atoms with E-state index in [4.69, 9.17) is 5.73 Å². The van der Waals surface area contributed by atoms with Gasteiger partial charge in [0.2, 0.25) is 5.91 Å². The van der Waals surface area contributed by atoms with Crippen molar-refractivity contribution < 1.29 is 9.59 Å². The quantitative estimate of drug-likeness (QED) is 0.801. The largest absolute Gasteiger partial charge is 0.366 e. The number of aromatic nitrogens is 1. The summed E-state index contributed by atoms with van der Waals surface area (Å²) in [5.41, 5.74) is 6.53. The molecule has 0 aliphatic heterocycles. The maximum atomic E-state index is 11.5. The number of rotatable bonds is 3. The van der Waals surface area contributed by atoms with Crippen LogP contribution in [0.15, 0.2) is 12.3 Å². The van der Waals surface area contributed by atoms with Gasteiger partial charge in [-0.3, -0.25) is 14.6 Å². The summed E-state index contributed by atoms with van der Waals surface area (Å²) in [6.45, 7) is 5.28. The molecule has 86 valence electrons. The summed E-state index contributed by atoms with van der Waals surface area (Å²) in [4.78, 5) is 26.7. The lowest BCUT2D eigenvalue weighted by Crippen LogP contribution is -2.21. The molecule has 0 atom stereocenters. The van der Waals surface area contributed by atoms with Crippen LogP contribution in [0.5, 0.6) is 0 Å². The molecule has 0 unspecified atom stereocenters.